The second kappa shape index (κ2) is 8.84. The van der Waals surface area contributed by atoms with Gasteiger partial charge in [-0.2, -0.15) is 10.4 Å². The second-order valence-corrected chi connectivity index (χ2v) is 6.68. The van der Waals surface area contributed by atoms with Crippen LogP contribution in [-0.2, 0) is 17.8 Å². The number of carbonyl (C=O) groups is 1. The second-order valence-electron chi connectivity index (χ2n) is 6.68. The van der Waals surface area contributed by atoms with Crippen molar-refractivity contribution in [1.29, 1.82) is 5.26 Å². The lowest BCUT2D eigenvalue weighted by atomic mass is 10.1. The number of likely N-dealkylation sites (tertiary alicyclic amines) is 1. The monoisotopic (exact) mass is 331 g/mol. The SMILES string of the molecule is Cc1nn(CCC#N)c(C)c1CCC(=O)NC[C@H](C)N1CCCC1. The molecular formula is C18H29N5O. The summed E-state index contributed by atoms with van der Waals surface area (Å²) < 4.78 is 1.88. The zero-order valence-electron chi connectivity index (χ0n) is 15.1. The lowest BCUT2D eigenvalue weighted by Crippen LogP contribution is -2.40. The first-order chi connectivity index (χ1) is 11.5. The van der Waals surface area contributed by atoms with Gasteiger partial charge in [-0.05, 0) is 58.7 Å². The van der Waals surface area contributed by atoms with Gasteiger partial charge in [-0.25, -0.2) is 0 Å². The van der Waals surface area contributed by atoms with E-state index in [9.17, 15) is 4.79 Å². The van der Waals surface area contributed by atoms with E-state index in [-0.39, 0.29) is 5.91 Å². The van der Waals surface area contributed by atoms with Crippen LogP contribution in [0.25, 0.3) is 0 Å². The Hall–Kier alpha value is -1.87. The average Bonchev–Trinajstić information content (AvgIpc) is 3.18. The molecule has 0 spiro atoms. The van der Waals surface area contributed by atoms with Crippen LogP contribution in [0.1, 0.15) is 49.6 Å². The van der Waals surface area contributed by atoms with E-state index in [0.717, 1.165) is 36.6 Å². The van der Waals surface area contributed by atoms with E-state index in [1.54, 1.807) is 0 Å². The summed E-state index contributed by atoms with van der Waals surface area (Å²) >= 11 is 0. The Bertz CT molecular complexity index is 595. The van der Waals surface area contributed by atoms with Gasteiger partial charge in [-0.3, -0.25) is 14.4 Å². The summed E-state index contributed by atoms with van der Waals surface area (Å²) in [5, 5.41) is 16.2. The number of nitrogens with one attached hydrogen (secondary N) is 1. The molecule has 1 N–H and O–H groups in total. The predicted octanol–water partition coefficient (Wildman–Crippen LogP) is 1.95. The molecule has 0 bridgehead atoms. The van der Waals surface area contributed by atoms with Crippen molar-refractivity contribution in [2.24, 2.45) is 0 Å². The third-order valence-corrected chi connectivity index (χ3v) is 4.93. The van der Waals surface area contributed by atoms with Gasteiger partial charge < -0.3 is 5.32 Å². The molecule has 1 saturated heterocycles. The van der Waals surface area contributed by atoms with E-state index in [2.05, 4.69) is 28.3 Å². The number of hydrogen-bond donors (Lipinski definition) is 1. The Kier molecular flexibility index (Phi) is 6.80. The highest BCUT2D eigenvalue weighted by molar-refractivity contribution is 5.76. The molecule has 1 atom stereocenters. The van der Waals surface area contributed by atoms with Crippen LogP contribution >= 0.6 is 0 Å². The molecule has 1 fully saturated rings. The van der Waals surface area contributed by atoms with Crippen LogP contribution in [0.15, 0.2) is 0 Å². The molecule has 1 aliphatic rings. The van der Waals surface area contributed by atoms with Crippen molar-refractivity contribution in [3.8, 4) is 6.07 Å². The van der Waals surface area contributed by atoms with Crippen molar-refractivity contribution in [3.05, 3.63) is 17.0 Å². The molecule has 24 heavy (non-hydrogen) atoms. The van der Waals surface area contributed by atoms with Crippen molar-refractivity contribution in [1.82, 2.24) is 20.0 Å². The maximum absolute atomic E-state index is 12.1. The third-order valence-electron chi connectivity index (χ3n) is 4.93. The first kappa shape index (κ1) is 18.5. The quantitative estimate of drug-likeness (QED) is 0.790. The van der Waals surface area contributed by atoms with E-state index in [0.29, 0.717) is 31.8 Å². The molecular weight excluding hydrogens is 302 g/mol. The van der Waals surface area contributed by atoms with Crippen molar-refractivity contribution in [2.75, 3.05) is 19.6 Å². The minimum absolute atomic E-state index is 0.102. The van der Waals surface area contributed by atoms with Gasteiger partial charge in [-0.15, -0.1) is 0 Å². The number of aromatic nitrogens is 2. The lowest BCUT2D eigenvalue weighted by Gasteiger charge is -2.23. The van der Waals surface area contributed by atoms with Crippen LogP contribution in [0, 0.1) is 25.2 Å². The molecule has 132 valence electrons. The smallest absolute Gasteiger partial charge is 0.220 e. The Morgan fingerprint density at radius 1 is 1.38 bits per heavy atom. The molecule has 1 aromatic rings. The van der Waals surface area contributed by atoms with Gasteiger partial charge in [0, 0.05) is 24.7 Å². The fraction of sp³-hybridized carbons (Fsp3) is 0.722. The molecule has 0 saturated carbocycles. The summed E-state index contributed by atoms with van der Waals surface area (Å²) in [7, 11) is 0. The molecule has 1 amide bonds. The summed E-state index contributed by atoms with van der Waals surface area (Å²) in [4.78, 5) is 14.6. The van der Waals surface area contributed by atoms with Gasteiger partial charge >= 0.3 is 0 Å². The predicted molar refractivity (Wildman–Crippen MR) is 93.5 cm³/mol. The number of hydrogen-bond acceptors (Lipinski definition) is 4. The minimum Gasteiger partial charge on any atom is -0.355 e. The summed E-state index contributed by atoms with van der Waals surface area (Å²) in [5.41, 5.74) is 3.17. The summed E-state index contributed by atoms with van der Waals surface area (Å²) in [6.45, 7) is 9.80. The third kappa shape index (κ3) is 4.81. The van der Waals surface area contributed by atoms with Crippen LogP contribution in [-0.4, -0.2) is 46.3 Å². The number of aryl methyl sites for hydroxylation is 2. The number of nitriles is 1. The number of carbonyl (C=O) groups excluding carboxylic acids is 1. The molecule has 2 heterocycles. The average molecular weight is 331 g/mol. The molecule has 6 heteroatoms. The standard InChI is InChI=1S/C18H29N5O/c1-14(22-10-4-5-11-22)13-20-18(24)8-7-17-15(2)21-23(16(17)3)12-6-9-19/h14H,4-8,10-13H2,1-3H3,(H,20,24)/t14-/m0/s1. The molecule has 6 nitrogen and oxygen atoms in total. The zero-order valence-corrected chi connectivity index (χ0v) is 15.1. The lowest BCUT2D eigenvalue weighted by molar-refractivity contribution is -0.121. The maximum atomic E-state index is 12.1. The number of nitrogens with zero attached hydrogens (tertiary/aromatic N) is 4. The van der Waals surface area contributed by atoms with Crippen molar-refractivity contribution >= 4 is 5.91 Å². The molecule has 0 unspecified atom stereocenters. The normalized spacial score (nSPS) is 16.1. The first-order valence-corrected chi connectivity index (χ1v) is 8.93. The van der Waals surface area contributed by atoms with Gasteiger partial charge in [0.05, 0.1) is 24.7 Å². The summed E-state index contributed by atoms with van der Waals surface area (Å²) in [6.07, 6.45) is 4.18. The fourth-order valence-electron chi connectivity index (χ4n) is 3.37. The summed E-state index contributed by atoms with van der Waals surface area (Å²) in [6, 6.07) is 2.55. The summed E-state index contributed by atoms with van der Waals surface area (Å²) in [5.74, 6) is 0.102. The van der Waals surface area contributed by atoms with E-state index in [1.165, 1.54) is 12.8 Å². The van der Waals surface area contributed by atoms with Gasteiger partial charge in [0.25, 0.3) is 0 Å². The van der Waals surface area contributed by atoms with Crippen LogP contribution in [0.2, 0.25) is 0 Å². The van der Waals surface area contributed by atoms with Gasteiger partial charge in [0.1, 0.15) is 0 Å². The fourth-order valence-corrected chi connectivity index (χ4v) is 3.37. The van der Waals surface area contributed by atoms with E-state index in [4.69, 9.17) is 5.26 Å². The van der Waals surface area contributed by atoms with E-state index < -0.39 is 0 Å². The Labute approximate surface area is 144 Å². The number of amides is 1. The van der Waals surface area contributed by atoms with E-state index >= 15 is 0 Å². The van der Waals surface area contributed by atoms with Crippen LogP contribution in [0.4, 0.5) is 0 Å². The highest BCUT2D eigenvalue weighted by atomic mass is 16.1. The number of rotatable bonds is 8. The van der Waals surface area contributed by atoms with Gasteiger partial charge in [0.15, 0.2) is 0 Å². The van der Waals surface area contributed by atoms with Crippen molar-refractivity contribution in [2.45, 2.75) is 65.5 Å². The largest absolute Gasteiger partial charge is 0.355 e. The van der Waals surface area contributed by atoms with E-state index in [1.807, 2.05) is 18.5 Å². The Morgan fingerprint density at radius 3 is 2.75 bits per heavy atom. The van der Waals surface area contributed by atoms with Crippen LogP contribution < -0.4 is 5.32 Å². The minimum atomic E-state index is 0.102. The van der Waals surface area contributed by atoms with Crippen LogP contribution in [0.3, 0.4) is 0 Å². The maximum Gasteiger partial charge on any atom is 0.220 e. The van der Waals surface area contributed by atoms with Crippen molar-refractivity contribution in [3.63, 3.8) is 0 Å². The van der Waals surface area contributed by atoms with Crippen LogP contribution in [0.5, 0.6) is 0 Å². The molecule has 0 aliphatic carbocycles. The van der Waals surface area contributed by atoms with Gasteiger partial charge in [0.2, 0.25) is 5.91 Å². The molecule has 1 aromatic heterocycles. The molecule has 0 radical (unpaired) electrons. The van der Waals surface area contributed by atoms with Crippen molar-refractivity contribution < 1.29 is 4.79 Å². The highest BCUT2D eigenvalue weighted by Crippen LogP contribution is 2.16. The molecule has 2 rings (SSSR count). The van der Waals surface area contributed by atoms with Gasteiger partial charge in [-0.1, -0.05) is 0 Å². The zero-order chi connectivity index (χ0) is 17.5. The molecule has 1 aliphatic heterocycles. The first-order valence-electron chi connectivity index (χ1n) is 8.93. The topological polar surface area (TPSA) is 73.9 Å². The highest BCUT2D eigenvalue weighted by Gasteiger charge is 2.18. The Balaban J connectivity index is 1.79. The molecule has 0 aromatic carbocycles. The Morgan fingerprint density at radius 2 is 2.08 bits per heavy atom.